The second-order valence-electron chi connectivity index (χ2n) is 1.72. The molecule has 0 nitrogen and oxygen atoms in total. The first-order valence-electron chi connectivity index (χ1n) is 3.41. The lowest BCUT2D eigenvalue weighted by atomic mass is 10.3. The van der Waals surface area contributed by atoms with Crippen LogP contribution in [-0.2, 0) is 0 Å². The highest BCUT2D eigenvalue weighted by atomic mass is 35.5. The van der Waals surface area contributed by atoms with Gasteiger partial charge in [0.1, 0.15) is 5.83 Å². The zero-order chi connectivity index (χ0) is 9.44. The summed E-state index contributed by atoms with van der Waals surface area (Å²) in [5.74, 6) is -0.421. The Morgan fingerprint density at radius 1 is 1.36 bits per heavy atom. The number of allylic oxidation sites excluding steroid dienone is 4. The van der Waals surface area contributed by atoms with Crippen molar-refractivity contribution in [2.45, 2.75) is 20.8 Å². The van der Waals surface area contributed by atoms with E-state index in [9.17, 15) is 4.39 Å². The highest BCUT2D eigenvalue weighted by Crippen LogP contribution is 2.12. The molecule has 0 amide bonds. The van der Waals surface area contributed by atoms with E-state index in [1.54, 1.807) is 6.92 Å². The van der Waals surface area contributed by atoms with Gasteiger partial charge in [-0.15, -0.1) is 0 Å². The van der Waals surface area contributed by atoms with E-state index in [4.69, 9.17) is 11.6 Å². The van der Waals surface area contributed by atoms with Crippen LogP contribution in [0.1, 0.15) is 20.8 Å². The lowest BCUT2D eigenvalue weighted by Crippen LogP contribution is -1.72. The van der Waals surface area contributed by atoms with Crippen molar-refractivity contribution in [3.63, 3.8) is 0 Å². The molecule has 0 saturated carbocycles. The first kappa shape index (κ1) is 13.1. The average Bonchev–Trinajstić information content (AvgIpc) is 1.90. The largest absolute Gasteiger partial charge is 0.207 e. The molecule has 0 aliphatic rings. The molecule has 2 heteroatoms. The minimum Gasteiger partial charge on any atom is -0.207 e. The fraction of sp³-hybridized carbons (Fsp3) is 0.333. The second kappa shape index (κ2) is 7.55. The van der Waals surface area contributed by atoms with Crippen LogP contribution < -0.4 is 0 Å². The second-order valence-corrected chi connectivity index (χ2v) is 2.20. The quantitative estimate of drug-likeness (QED) is 0.554. The molecular formula is C9H14ClF. The third kappa shape index (κ3) is 9.44. The van der Waals surface area contributed by atoms with Gasteiger partial charge in [0.2, 0.25) is 0 Å². The molecule has 0 aliphatic carbocycles. The average molecular weight is 177 g/mol. The molecule has 0 unspecified atom stereocenters. The predicted octanol–water partition coefficient (Wildman–Crippen LogP) is 4.19. The van der Waals surface area contributed by atoms with E-state index in [-0.39, 0.29) is 5.03 Å². The lowest BCUT2D eigenvalue weighted by molar-refractivity contribution is 0.652. The summed E-state index contributed by atoms with van der Waals surface area (Å²) in [6.07, 6.45) is 1.13. The molecule has 0 aliphatic heterocycles. The summed E-state index contributed by atoms with van der Waals surface area (Å²) >= 11 is 5.26. The third-order valence-electron chi connectivity index (χ3n) is 0.691. The number of halogens is 2. The Hall–Kier alpha value is -0.560. The Morgan fingerprint density at radius 2 is 1.73 bits per heavy atom. The molecule has 11 heavy (non-hydrogen) atoms. The van der Waals surface area contributed by atoms with Crippen molar-refractivity contribution in [1.29, 1.82) is 0 Å². The minimum absolute atomic E-state index is 0.176. The number of hydrogen-bond donors (Lipinski definition) is 0. The van der Waals surface area contributed by atoms with Gasteiger partial charge in [0, 0.05) is 5.03 Å². The molecule has 0 radical (unpaired) electrons. The Balaban J connectivity index is 0. The van der Waals surface area contributed by atoms with Crippen molar-refractivity contribution >= 4 is 11.6 Å². The van der Waals surface area contributed by atoms with Crippen molar-refractivity contribution in [1.82, 2.24) is 0 Å². The van der Waals surface area contributed by atoms with Crippen LogP contribution in [0, 0.1) is 0 Å². The van der Waals surface area contributed by atoms with Crippen molar-refractivity contribution in [2.24, 2.45) is 0 Å². The fourth-order valence-electron chi connectivity index (χ4n) is 0.261. The number of rotatable bonds is 2. The van der Waals surface area contributed by atoms with Gasteiger partial charge in [0.15, 0.2) is 0 Å². The van der Waals surface area contributed by atoms with Gasteiger partial charge < -0.3 is 0 Å². The smallest absolute Gasteiger partial charge is 0.126 e. The van der Waals surface area contributed by atoms with Gasteiger partial charge in [0.05, 0.1) is 0 Å². The summed E-state index contributed by atoms with van der Waals surface area (Å²) in [5.41, 5.74) is 0.358. The van der Waals surface area contributed by atoms with Crippen LogP contribution in [0.25, 0.3) is 0 Å². The van der Waals surface area contributed by atoms with Gasteiger partial charge in [-0.1, -0.05) is 38.6 Å². The molecule has 0 heterocycles. The summed E-state index contributed by atoms with van der Waals surface area (Å²) in [6.45, 7) is 12.2. The van der Waals surface area contributed by atoms with Crippen LogP contribution in [0.15, 0.2) is 35.7 Å². The van der Waals surface area contributed by atoms with Crippen LogP contribution in [0.4, 0.5) is 4.39 Å². The van der Waals surface area contributed by atoms with Gasteiger partial charge >= 0.3 is 0 Å². The molecule has 0 aromatic heterocycles. The zero-order valence-corrected chi connectivity index (χ0v) is 8.00. The SMILES string of the molecule is C=C(Cl)/C=C(/F)C(=C)C.CC. The molecule has 0 bridgehead atoms. The maximum absolute atomic E-state index is 12.4. The molecule has 64 valence electrons. The standard InChI is InChI=1S/C7H8ClF.C2H6/c1-5(2)7(9)4-6(3)8;1-2/h4H,1,3H2,2H3;1-2H3/b7-4+;. The summed E-state index contributed by atoms with van der Waals surface area (Å²) < 4.78 is 12.4. The van der Waals surface area contributed by atoms with Gasteiger partial charge in [0.25, 0.3) is 0 Å². The van der Waals surface area contributed by atoms with E-state index in [2.05, 4.69) is 13.2 Å². The van der Waals surface area contributed by atoms with E-state index in [1.807, 2.05) is 13.8 Å². The van der Waals surface area contributed by atoms with Crippen molar-refractivity contribution in [2.75, 3.05) is 0 Å². The van der Waals surface area contributed by atoms with Crippen LogP contribution in [-0.4, -0.2) is 0 Å². The van der Waals surface area contributed by atoms with Crippen LogP contribution in [0.3, 0.4) is 0 Å². The monoisotopic (exact) mass is 176 g/mol. The van der Waals surface area contributed by atoms with Crippen LogP contribution >= 0.6 is 11.6 Å². The molecule has 0 aromatic rings. The fourth-order valence-corrected chi connectivity index (χ4v) is 0.356. The van der Waals surface area contributed by atoms with E-state index in [0.717, 1.165) is 6.08 Å². The topological polar surface area (TPSA) is 0 Å². The molecule has 0 aromatic carbocycles. The Labute approximate surface area is 73.1 Å². The molecule has 0 N–H and O–H groups in total. The Bertz CT molecular complexity index is 168. The summed E-state index contributed by atoms with van der Waals surface area (Å²) in [4.78, 5) is 0. The van der Waals surface area contributed by atoms with Gasteiger partial charge in [-0.2, -0.15) is 0 Å². The first-order chi connectivity index (χ1) is 5.04. The maximum Gasteiger partial charge on any atom is 0.126 e. The first-order valence-corrected chi connectivity index (χ1v) is 3.79. The Morgan fingerprint density at radius 3 is 1.82 bits per heavy atom. The lowest BCUT2D eigenvalue weighted by Gasteiger charge is -1.90. The van der Waals surface area contributed by atoms with E-state index in [0.29, 0.717) is 5.57 Å². The molecule has 0 fully saturated rings. The highest BCUT2D eigenvalue weighted by Gasteiger charge is 1.92. The van der Waals surface area contributed by atoms with E-state index in [1.165, 1.54) is 0 Å². The third-order valence-corrected chi connectivity index (χ3v) is 0.800. The van der Waals surface area contributed by atoms with E-state index < -0.39 is 5.83 Å². The number of hydrogen-bond acceptors (Lipinski definition) is 0. The molecule has 0 spiro atoms. The maximum atomic E-state index is 12.4. The molecular weight excluding hydrogens is 163 g/mol. The zero-order valence-electron chi connectivity index (χ0n) is 7.25. The summed E-state index contributed by atoms with van der Waals surface area (Å²) in [6, 6.07) is 0. The van der Waals surface area contributed by atoms with Gasteiger partial charge in [-0.05, 0) is 18.6 Å². The summed E-state index contributed by atoms with van der Waals surface area (Å²) in [5, 5.41) is 0.176. The molecule has 0 rings (SSSR count). The van der Waals surface area contributed by atoms with Gasteiger partial charge in [-0.3, -0.25) is 0 Å². The van der Waals surface area contributed by atoms with Crippen molar-refractivity contribution in [3.8, 4) is 0 Å². The van der Waals surface area contributed by atoms with Crippen molar-refractivity contribution < 1.29 is 4.39 Å². The molecule has 0 atom stereocenters. The van der Waals surface area contributed by atoms with Crippen LogP contribution in [0.2, 0.25) is 0 Å². The van der Waals surface area contributed by atoms with Crippen molar-refractivity contribution in [3.05, 3.63) is 35.7 Å². The Kier molecular flexibility index (Phi) is 8.96. The summed E-state index contributed by atoms with van der Waals surface area (Å²) in [7, 11) is 0. The normalized spacial score (nSPS) is 9.73. The van der Waals surface area contributed by atoms with E-state index >= 15 is 0 Å². The van der Waals surface area contributed by atoms with Gasteiger partial charge in [-0.25, -0.2) is 4.39 Å². The predicted molar refractivity (Wildman–Crippen MR) is 50.3 cm³/mol. The highest BCUT2D eigenvalue weighted by molar-refractivity contribution is 6.30. The minimum atomic E-state index is -0.421. The molecule has 0 saturated heterocycles. The van der Waals surface area contributed by atoms with Crippen LogP contribution in [0.5, 0.6) is 0 Å².